The van der Waals surface area contributed by atoms with Crippen molar-refractivity contribution in [3.05, 3.63) is 23.9 Å². The maximum absolute atomic E-state index is 10.8. The van der Waals surface area contributed by atoms with Crippen LogP contribution in [0.3, 0.4) is 0 Å². The molecule has 1 aliphatic rings. The van der Waals surface area contributed by atoms with E-state index in [-0.39, 0.29) is 12.0 Å². The Kier molecular flexibility index (Phi) is 3.61. The molecule has 0 radical (unpaired) electrons. The molecule has 0 bridgehead atoms. The zero-order valence-corrected chi connectivity index (χ0v) is 9.93. The summed E-state index contributed by atoms with van der Waals surface area (Å²) in [6.07, 6.45) is 4.82. The third-order valence-corrected chi connectivity index (χ3v) is 3.26. The van der Waals surface area contributed by atoms with Gasteiger partial charge >= 0.3 is 5.97 Å². The van der Waals surface area contributed by atoms with Gasteiger partial charge < -0.3 is 9.84 Å². The number of pyridine rings is 1. The Morgan fingerprint density at radius 3 is 2.71 bits per heavy atom. The van der Waals surface area contributed by atoms with Gasteiger partial charge in [-0.3, -0.25) is 4.79 Å². The Labute approximate surface area is 101 Å². The van der Waals surface area contributed by atoms with Crippen LogP contribution < -0.4 is 4.74 Å². The fourth-order valence-corrected chi connectivity index (χ4v) is 2.18. The normalized spacial score (nSPS) is 24.3. The maximum atomic E-state index is 10.8. The van der Waals surface area contributed by atoms with E-state index in [2.05, 4.69) is 4.98 Å². The molecule has 0 amide bonds. The van der Waals surface area contributed by atoms with Gasteiger partial charge in [-0.25, -0.2) is 4.98 Å². The van der Waals surface area contributed by atoms with Crippen LogP contribution in [0.25, 0.3) is 0 Å². The van der Waals surface area contributed by atoms with Crippen molar-refractivity contribution in [2.24, 2.45) is 5.92 Å². The van der Waals surface area contributed by atoms with Crippen molar-refractivity contribution < 1.29 is 14.6 Å². The maximum Gasteiger partial charge on any atom is 0.306 e. The van der Waals surface area contributed by atoms with E-state index in [9.17, 15) is 4.79 Å². The predicted octanol–water partition coefficient (Wildman–Crippen LogP) is 2.41. The molecule has 2 rings (SSSR count). The van der Waals surface area contributed by atoms with E-state index in [1.54, 1.807) is 6.20 Å². The van der Waals surface area contributed by atoms with Gasteiger partial charge in [-0.05, 0) is 38.7 Å². The van der Waals surface area contributed by atoms with E-state index < -0.39 is 5.97 Å². The molecule has 1 N–H and O–H groups in total. The lowest BCUT2D eigenvalue weighted by atomic mass is 9.87. The standard InChI is InChI=1S/C13H17NO3/c1-9-3-2-8-14-12(9)17-11-6-4-10(5-7-11)13(15)16/h2-3,8,10-11H,4-7H2,1H3,(H,15,16)/t10-,11-. The summed E-state index contributed by atoms with van der Waals surface area (Å²) in [7, 11) is 0. The fourth-order valence-electron chi connectivity index (χ4n) is 2.18. The first-order chi connectivity index (χ1) is 8.16. The van der Waals surface area contributed by atoms with Gasteiger partial charge in [0.2, 0.25) is 5.88 Å². The van der Waals surface area contributed by atoms with Crippen molar-refractivity contribution in [2.45, 2.75) is 38.7 Å². The molecule has 1 heterocycles. The van der Waals surface area contributed by atoms with Gasteiger partial charge in [0.15, 0.2) is 0 Å². The Bertz CT molecular complexity index is 397. The van der Waals surface area contributed by atoms with Gasteiger partial charge in [-0.15, -0.1) is 0 Å². The van der Waals surface area contributed by atoms with Crippen LogP contribution in [0.4, 0.5) is 0 Å². The third kappa shape index (κ3) is 2.96. The number of hydrogen-bond acceptors (Lipinski definition) is 3. The lowest BCUT2D eigenvalue weighted by molar-refractivity contribution is -0.143. The molecule has 1 aliphatic carbocycles. The molecular weight excluding hydrogens is 218 g/mol. The third-order valence-electron chi connectivity index (χ3n) is 3.26. The number of aryl methyl sites for hydroxylation is 1. The molecule has 0 aromatic carbocycles. The fraction of sp³-hybridized carbons (Fsp3) is 0.538. The first-order valence-corrected chi connectivity index (χ1v) is 5.98. The number of aromatic nitrogens is 1. The molecule has 0 aliphatic heterocycles. The number of carbonyl (C=O) groups is 1. The van der Waals surface area contributed by atoms with E-state index in [0.29, 0.717) is 18.7 Å². The van der Waals surface area contributed by atoms with Crippen LogP contribution >= 0.6 is 0 Å². The number of rotatable bonds is 3. The number of aliphatic carboxylic acids is 1. The minimum absolute atomic E-state index is 0.110. The van der Waals surface area contributed by atoms with Crippen molar-refractivity contribution >= 4 is 5.97 Å². The highest BCUT2D eigenvalue weighted by Gasteiger charge is 2.27. The minimum Gasteiger partial charge on any atom is -0.481 e. The second-order valence-electron chi connectivity index (χ2n) is 4.56. The molecule has 0 atom stereocenters. The first-order valence-electron chi connectivity index (χ1n) is 5.98. The van der Waals surface area contributed by atoms with E-state index in [1.807, 2.05) is 19.1 Å². The predicted molar refractivity (Wildman–Crippen MR) is 63.0 cm³/mol. The summed E-state index contributed by atoms with van der Waals surface area (Å²) in [4.78, 5) is 15.0. The highest BCUT2D eigenvalue weighted by molar-refractivity contribution is 5.70. The van der Waals surface area contributed by atoms with Crippen molar-refractivity contribution in [1.82, 2.24) is 4.98 Å². The van der Waals surface area contributed by atoms with Crippen LogP contribution in [0.1, 0.15) is 31.2 Å². The van der Waals surface area contributed by atoms with Gasteiger partial charge in [-0.2, -0.15) is 0 Å². The largest absolute Gasteiger partial charge is 0.481 e. The van der Waals surface area contributed by atoms with Crippen LogP contribution in [0, 0.1) is 12.8 Å². The molecular formula is C13H17NO3. The highest BCUT2D eigenvalue weighted by Crippen LogP contribution is 2.27. The molecule has 0 unspecified atom stereocenters. The van der Waals surface area contributed by atoms with Crippen molar-refractivity contribution in [1.29, 1.82) is 0 Å². The van der Waals surface area contributed by atoms with E-state index in [4.69, 9.17) is 9.84 Å². The monoisotopic (exact) mass is 235 g/mol. The zero-order chi connectivity index (χ0) is 12.3. The topological polar surface area (TPSA) is 59.4 Å². The average Bonchev–Trinajstić information content (AvgIpc) is 2.33. The lowest BCUT2D eigenvalue weighted by Crippen LogP contribution is -2.28. The summed E-state index contributed by atoms with van der Waals surface area (Å²) < 4.78 is 5.81. The second-order valence-corrected chi connectivity index (χ2v) is 4.56. The van der Waals surface area contributed by atoms with Crippen molar-refractivity contribution in [3.8, 4) is 5.88 Å². The van der Waals surface area contributed by atoms with Gasteiger partial charge in [0, 0.05) is 11.8 Å². The number of hydrogen-bond donors (Lipinski definition) is 1. The van der Waals surface area contributed by atoms with Crippen molar-refractivity contribution in [2.75, 3.05) is 0 Å². The molecule has 1 saturated carbocycles. The average molecular weight is 235 g/mol. The Balaban J connectivity index is 1.90. The van der Waals surface area contributed by atoms with Crippen LogP contribution in [-0.2, 0) is 4.79 Å². The highest BCUT2D eigenvalue weighted by atomic mass is 16.5. The summed E-state index contributed by atoms with van der Waals surface area (Å²) in [6.45, 7) is 1.96. The summed E-state index contributed by atoms with van der Waals surface area (Å²) in [5, 5.41) is 8.91. The summed E-state index contributed by atoms with van der Waals surface area (Å²) >= 11 is 0. The Morgan fingerprint density at radius 2 is 2.12 bits per heavy atom. The summed E-state index contributed by atoms with van der Waals surface area (Å²) in [5.41, 5.74) is 1.02. The molecule has 17 heavy (non-hydrogen) atoms. The zero-order valence-electron chi connectivity index (χ0n) is 9.93. The Morgan fingerprint density at radius 1 is 1.41 bits per heavy atom. The number of carboxylic acids is 1. The number of nitrogens with zero attached hydrogens (tertiary/aromatic N) is 1. The van der Waals surface area contributed by atoms with Crippen LogP contribution in [0.5, 0.6) is 5.88 Å². The number of carboxylic acid groups (broad SMARTS) is 1. The second kappa shape index (κ2) is 5.17. The van der Waals surface area contributed by atoms with Gasteiger partial charge in [0.25, 0.3) is 0 Å². The van der Waals surface area contributed by atoms with Crippen LogP contribution in [-0.4, -0.2) is 22.2 Å². The number of ether oxygens (including phenoxy) is 1. The summed E-state index contributed by atoms with van der Waals surface area (Å²) in [5.74, 6) is -0.205. The molecule has 1 aromatic heterocycles. The van der Waals surface area contributed by atoms with Crippen LogP contribution in [0.2, 0.25) is 0 Å². The quantitative estimate of drug-likeness (QED) is 0.874. The van der Waals surface area contributed by atoms with Gasteiger partial charge in [0.1, 0.15) is 6.10 Å². The smallest absolute Gasteiger partial charge is 0.306 e. The van der Waals surface area contributed by atoms with E-state index in [0.717, 1.165) is 18.4 Å². The molecule has 4 heteroatoms. The van der Waals surface area contributed by atoms with Gasteiger partial charge in [0.05, 0.1) is 5.92 Å². The lowest BCUT2D eigenvalue weighted by Gasteiger charge is -2.26. The van der Waals surface area contributed by atoms with Crippen LogP contribution in [0.15, 0.2) is 18.3 Å². The molecule has 1 aromatic rings. The Hall–Kier alpha value is -1.58. The van der Waals surface area contributed by atoms with E-state index >= 15 is 0 Å². The van der Waals surface area contributed by atoms with E-state index in [1.165, 1.54) is 0 Å². The van der Waals surface area contributed by atoms with Crippen molar-refractivity contribution in [3.63, 3.8) is 0 Å². The first kappa shape index (κ1) is 11.9. The molecule has 1 fully saturated rings. The SMILES string of the molecule is Cc1cccnc1O[C@H]1CC[C@H](C(=O)O)CC1. The van der Waals surface area contributed by atoms with Gasteiger partial charge in [-0.1, -0.05) is 6.07 Å². The minimum atomic E-state index is -0.683. The molecule has 0 saturated heterocycles. The molecule has 0 spiro atoms. The molecule has 4 nitrogen and oxygen atoms in total. The summed E-state index contributed by atoms with van der Waals surface area (Å²) in [6, 6.07) is 3.84. The molecule has 92 valence electrons.